The first-order valence-electron chi connectivity index (χ1n) is 7.16. The van der Waals surface area contributed by atoms with E-state index in [0.717, 1.165) is 11.4 Å². The van der Waals surface area contributed by atoms with Gasteiger partial charge in [-0.3, -0.25) is 0 Å². The van der Waals surface area contributed by atoms with Crippen LogP contribution in [0.1, 0.15) is 21.6 Å². The molecule has 3 rings (SSSR count). The maximum absolute atomic E-state index is 13.1. The van der Waals surface area contributed by atoms with Crippen LogP contribution in [0.15, 0.2) is 60.8 Å². The molecule has 3 aromatic rings. The molecule has 0 aliphatic heterocycles. The van der Waals surface area contributed by atoms with Gasteiger partial charge in [0.1, 0.15) is 12.4 Å². The Kier molecular flexibility index (Phi) is 4.19. The number of ether oxygens (including phenoxy) is 1. The molecule has 0 radical (unpaired) electrons. The normalized spacial score (nSPS) is 10.5. The lowest BCUT2D eigenvalue weighted by atomic mass is 10.2. The van der Waals surface area contributed by atoms with Gasteiger partial charge in [0.05, 0.1) is 11.3 Å². The van der Waals surface area contributed by atoms with Gasteiger partial charge in [-0.2, -0.15) is 5.10 Å². The molecule has 0 fully saturated rings. The molecular weight excluding hydrogens is 295 g/mol. The second-order valence-electron chi connectivity index (χ2n) is 5.14. The highest BCUT2D eigenvalue weighted by atomic mass is 19.1. The fourth-order valence-electron chi connectivity index (χ4n) is 2.24. The molecule has 1 aromatic heterocycles. The first kappa shape index (κ1) is 15.0. The predicted molar refractivity (Wildman–Crippen MR) is 83.8 cm³/mol. The van der Waals surface area contributed by atoms with Crippen molar-refractivity contribution >= 4 is 5.97 Å². The van der Waals surface area contributed by atoms with Crippen LogP contribution >= 0.6 is 0 Å². The zero-order valence-electron chi connectivity index (χ0n) is 12.6. The molecule has 0 saturated heterocycles. The quantitative estimate of drug-likeness (QED) is 0.691. The Labute approximate surface area is 133 Å². The maximum atomic E-state index is 13.1. The number of benzene rings is 2. The van der Waals surface area contributed by atoms with Crippen molar-refractivity contribution in [2.45, 2.75) is 13.5 Å². The van der Waals surface area contributed by atoms with Gasteiger partial charge in [0.2, 0.25) is 0 Å². The van der Waals surface area contributed by atoms with Crippen molar-refractivity contribution < 1.29 is 13.9 Å². The molecular formula is C18H15FN2O2. The molecule has 23 heavy (non-hydrogen) atoms. The number of carbonyl (C=O) groups excluding carboxylic acids is 1. The summed E-state index contributed by atoms with van der Waals surface area (Å²) in [6.07, 6.45) is 1.72. The number of nitrogens with zero attached hydrogens (tertiary/aromatic N) is 2. The number of aromatic nitrogens is 2. The van der Waals surface area contributed by atoms with Gasteiger partial charge < -0.3 is 4.74 Å². The largest absolute Gasteiger partial charge is 0.457 e. The van der Waals surface area contributed by atoms with Gasteiger partial charge in [0.25, 0.3) is 0 Å². The SMILES string of the molecule is Cc1ccnn1-c1ccc(C(=O)OCc2cccc(F)c2)cc1. The summed E-state index contributed by atoms with van der Waals surface area (Å²) in [5.74, 6) is -0.796. The standard InChI is InChI=1S/C18H15FN2O2/c1-13-9-10-20-21(13)17-7-5-15(6-8-17)18(22)23-12-14-3-2-4-16(19)11-14/h2-11H,12H2,1H3. The Morgan fingerprint density at radius 2 is 1.96 bits per heavy atom. The summed E-state index contributed by atoms with van der Waals surface area (Å²) in [6, 6.07) is 14.9. The molecule has 0 bridgehead atoms. The Hall–Kier alpha value is -2.95. The van der Waals surface area contributed by atoms with Crippen LogP contribution in [-0.2, 0) is 11.3 Å². The summed E-state index contributed by atoms with van der Waals surface area (Å²) in [5.41, 5.74) is 2.93. The van der Waals surface area contributed by atoms with Gasteiger partial charge in [-0.25, -0.2) is 13.9 Å². The van der Waals surface area contributed by atoms with Gasteiger partial charge in [-0.1, -0.05) is 12.1 Å². The number of halogens is 1. The summed E-state index contributed by atoms with van der Waals surface area (Å²) in [5, 5.41) is 4.21. The summed E-state index contributed by atoms with van der Waals surface area (Å²) in [7, 11) is 0. The number of carbonyl (C=O) groups is 1. The first-order chi connectivity index (χ1) is 11.1. The van der Waals surface area contributed by atoms with E-state index in [2.05, 4.69) is 5.10 Å². The van der Waals surface area contributed by atoms with E-state index in [1.807, 2.05) is 13.0 Å². The van der Waals surface area contributed by atoms with Crippen LogP contribution in [0.2, 0.25) is 0 Å². The minimum Gasteiger partial charge on any atom is -0.457 e. The molecule has 0 atom stereocenters. The van der Waals surface area contributed by atoms with E-state index in [-0.39, 0.29) is 12.4 Å². The molecule has 116 valence electrons. The Morgan fingerprint density at radius 3 is 2.61 bits per heavy atom. The Bertz CT molecular complexity index is 825. The number of hydrogen-bond acceptors (Lipinski definition) is 3. The number of hydrogen-bond donors (Lipinski definition) is 0. The monoisotopic (exact) mass is 310 g/mol. The molecule has 1 heterocycles. The van der Waals surface area contributed by atoms with Crippen molar-refractivity contribution in [2.75, 3.05) is 0 Å². The average Bonchev–Trinajstić information content (AvgIpc) is 2.99. The molecule has 0 aliphatic carbocycles. The van der Waals surface area contributed by atoms with E-state index in [4.69, 9.17) is 4.74 Å². The van der Waals surface area contributed by atoms with Crippen molar-refractivity contribution in [1.29, 1.82) is 0 Å². The van der Waals surface area contributed by atoms with Crippen LogP contribution in [0.5, 0.6) is 0 Å². The van der Waals surface area contributed by atoms with E-state index in [9.17, 15) is 9.18 Å². The average molecular weight is 310 g/mol. The lowest BCUT2D eigenvalue weighted by Gasteiger charge is -2.07. The van der Waals surface area contributed by atoms with Crippen LogP contribution in [0.3, 0.4) is 0 Å². The van der Waals surface area contributed by atoms with Gasteiger partial charge in [-0.15, -0.1) is 0 Å². The zero-order chi connectivity index (χ0) is 16.2. The number of rotatable bonds is 4. The molecule has 0 N–H and O–H groups in total. The molecule has 4 nitrogen and oxygen atoms in total. The third kappa shape index (κ3) is 3.45. The molecule has 2 aromatic carbocycles. The third-order valence-corrected chi connectivity index (χ3v) is 3.44. The van der Waals surface area contributed by atoms with Crippen molar-refractivity contribution in [3.05, 3.63) is 83.4 Å². The lowest BCUT2D eigenvalue weighted by Crippen LogP contribution is -2.06. The van der Waals surface area contributed by atoms with E-state index in [0.29, 0.717) is 11.1 Å². The minimum atomic E-state index is -0.446. The minimum absolute atomic E-state index is 0.0383. The highest BCUT2D eigenvalue weighted by Gasteiger charge is 2.09. The Balaban J connectivity index is 1.67. The van der Waals surface area contributed by atoms with Gasteiger partial charge in [-0.05, 0) is 55.0 Å². The lowest BCUT2D eigenvalue weighted by molar-refractivity contribution is 0.0472. The summed E-state index contributed by atoms with van der Waals surface area (Å²) < 4.78 is 20.1. The first-order valence-corrected chi connectivity index (χ1v) is 7.16. The number of aryl methyl sites for hydroxylation is 1. The summed E-state index contributed by atoms with van der Waals surface area (Å²) in [4.78, 5) is 12.0. The van der Waals surface area contributed by atoms with E-state index in [1.54, 1.807) is 47.3 Å². The smallest absolute Gasteiger partial charge is 0.338 e. The second-order valence-corrected chi connectivity index (χ2v) is 5.14. The van der Waals surface area contributed by atoms with Crippen LogP contribution < -0.4 is 0 Å². The summed E-state index contributed by atoms with van der Waals surface area (Å²) in [6.45, 7) is 1.99. The van der Waals surface area contributed by atoms with Crippen LogP contribution in [0.25, 0.3) is 5.69 Å². The third-order valence-electron chi connectivity index (χ3n) is 3.44. The van der Waals surface area contributed by atoms with Crippen LogP contribution in [0.4, 0.5) is 4.39 Å². The van der Waals surface area contributed by atoms with Gasteiger partial charge in [0.15, 0.2) is 0 Å². The highest BCUT2D eigenvalue weighted by molar-refractivity contribution is 5.89. The predicted octanol–water partition coefficient (Wildman–Crippen LogP) is 3.68. The van der Waals surface area contributed by atoms with Crippen molar-refractivity contribution in [1.82, 2.24) is 9.78 Å². The maximum Gasteiger partial charge on any atom is 0.338 e. The molecule has 0 spiro atoms. The van der Waals surface area contributed by atoms with Gasteiger partial charge >= 0.3 is 5.97 Å². The van der Waals surface area contributed by atoms with Crippen LogP contribution in [-0.4, -0.2) is 15.7 Å². The van der Waals surface area contributed by atoms with E-state index < -0.39 is 5.97 Å². The molecule has 0 aliphatic rings. The van der Waals surface area contributed by atoms with E-state index >= 15 is 0 Å². The topological polar surface area (TPSA) is 44.1 Å². The number of esters is 1. The molecule has 0 amide bonds. The molecule has 0 saturated carbocycles. The van der Waals surface area contributed by atoms with Crippen molar-refractivity contribution in [3.63, 3.8) is 0 Å². The van der Waals surface area contributed by atoms with Crippen LogP contribution in [0, 0.1) is 12.7 Å². The molecule has 0 unspecified atom stereocenters. The second kappa shape index (κ2) is 6.44. The highest BCUT2D eigenvalue weighted by Crippen LogP contribution is 2.13. The van der Waals surface area contributed by atoms with Gasteiger partial charge in [0, 0.05) is 11.9 Å². The van der Waals surface area contributed by atoms with E-state index in [1.165, 1.54) is 12.1 Å². The summed E-state index contributed by atoms with van der Waals surface area (Å²) >= 11 is 0. The fraction of sp³-hybridized carbons (Fsp3) is 0.111. The zero-order valence-corrected chi connectivity index (χ0v) is 12.6. The fourth-order valence-corrected chi connectivity index (χ4v) is 2.24. The Morgan fingerprint density at radius 1 is 1.17 bits per heavy atom. The van der Waals surface area contributed by atoms with Crippen molar-refractivity contribution in [3.8, 4) is 5.69 Å². The van der Waals surface area contributed by atoms with Crippen molar-refractivity contribution in [2.24, 2.45) is 0 Å². The molecule has 5 heteroatoms.